The van der Waals surface area contributed by atoms with Crippen LogP contribution >= 0.6 is 0 Å². The first-order valence-electron chi connectivity index (χ1n) is 8.88. The highest BCUT2D eigenvalue weighted by atomic mass is 17.1. The Morgan fingerprint density at radius 2 is 1.58 bits per heavy atom. The third-order valence-corrected chi connectivity index (χ3v) is 3.61. The molecule has 0 rings (SSSR count). The number of aliphatic carboxylic acids is 1. The molecule has 0 aromatic heterocycles. The average Bonchev–Trinajstić information content (AvgIpc) is 2.57. The lowest BCUT2D eigenvalue weighted by molar-refractivity contribution is -0.297. The smallest absolute Gasteiger partial charge is 0.0930 e. The maximum Gasteiger partial charge on any atom is 0.0930 e. The summed E-state index contributed by atoms with van der Waals surface area (Å²) in [6, 6.07) is 0. The fourth-order valence-corrected chi connectivity index (χ4v) is 2.25. The summed E-state index contributed by atoms with van der Waals surface area (Å²) in [6.07, 6.45) is 23.3. The van der Waals surface area contributed by atoms with Crippen molar-refractivity contribution >= 4 is 5.97 Å². The summed E-state index contributed by atoms with van der Waals surface area (Å²) in [7, 11) is 0. The molecule has 0 aromatic carbocycles. The maximum absolute atomic E-state index is 10.1. The van der Waals surface area contributed by atoms with Gasteiger partial charge in [-0.15, -0.1) is 0 Å². The second-order valence-corrected chi connectivity index (χ2v) is 5.74. The normalized spacial score (nSPS) is 13.8. The molecule has 0 spiro atoms. The van der Waals surface area contributed by atoms with Crippen molar-refractivity contribution in [3.63, 3.8) is 0 Å². The molecule has 0 aliphatic rings. The van der Waals surface area contributed by atoms with Crippen LogP contribution in [0.5, 0.6) is 0 Å². The Balaban J connectivity index is 3.72. The third kappa shape index (κ3) is 16.7. The van der Waals surface area contributed by atoms with Gasteiger partial charge in [0.2, 0.25) is 0 Å². The van der Waals surface area contributed by atoms with Crippen molar-refractivity contribution in [2.75, 3.05) is 0 Å². The van der Waals surface area contributed by atoms with Gasteiger partial charge in [-0.05, 0) is 25.3 Å². The molecular weight excluding hydrogens is 304 g/mol. The van der Waals surface area contributed by atoms with Gasteiger partial charge in [0.25, 0.3) is 0 Å². The van der Waals surface area contributed by atoms with E-state index < -0.39 is 5.97 Å². The maximum atomic E-state index is 10.1. The highest BCUT2D eigenvalue weighted by molar-refractivity contribution is 5.77. The molecule has 1 unspecified atom stereocenters. The van der Waals surface area contributed by atoms with Crippen molar-refractivity contribution in [1.82, 2.24) is 0 Å². The molecule has 1 atom stereocenters. The number of allylic oxidation sites excluding steroid dienone is 7. The van der Waals surface area contributed by atoms with Crippen LogP contribution in [0.4, 0.5) is 0 Å². The van der Waals surface area contributed by atoms with Crippen molar-refractivity contribution in [3.05, 3.63) is 48.6 Å². The van der Waals surface area contributed by atoms with Crippen molar-refractivity contribution in [3.8, 4) is 0 Å². The van der Waals surface area contributed by atoms with E-state index in [1.54, 1.807) is 12.2 Å². The first-order valence-corrected chi connectivity index (χ1v) is 8.88. The van der Waals surface area contributed by atoms with Gasteiger partial charge in [0.1, 0.15) is 0 Å². The number of carboxylic acid groups (broad SMARTS) is 1. The SMILES string of the molecule is CCCCCCCCC(CC/C=C/C=C/C=C/C=C/C(=O)[O-])OO. The molecule has 0 aromatic rings. The molecule has 0 aliphatic heterocycles. The second-order valence-electron chi connectivity index (χ2n) is 5.74. The zero-order chi connectivity index (χ0) is 17.9. The van der Waals surface area contributed by atoms with Crippen molar-refractivity contribution in [1.29, 1.82) is 0 Å². The van der Waals surface area contributed by atoms with Gasteiger partial charge in [0, 0.05) is 0 Å². The van der Waals surface area contributed by atoms with E-state index in [1.165, 1.54) is 38.2 Å². The number of hydrogen-bond acceptors (Lipinski definition) is 4. The van der Waals surface area contributed by atoms with Crippen molar-refractivity contribution in [2.24, 2.45) is 0 Å². The van der Waals surface area contributed by atoms with Crippen LogP contribution in [0, 0.1) is 0 Å². The van der Waals surface area contributed by atoms with Crippen LogP contribution in [0.3, 0.4) is 0 Å². The van der Waals surface area contributed by atoms with Gasteiger partial charge in [-0.2, -0.15) is 0 Å². The molecule has 0 heterocycles. The Kier molecular flexibility index (Phi) is 16.5. The minimum atomic E-state index is -1.20. The van der Waals surface area contributed by atoms with E-state index in [0.29, 0.717) is 0 Å². The monoisotopic (exact) mass is 335 g/mol. The fraction of sp³-hybridized carbons (Fsp3) is 0.550. The topological polar surface area (TPSA) is 69.6 Å². The number of rotatable bonds is 15. The molecule has 4 nitrogen and oxygen atoms in total. The Morgan fingerprint density at radius 3 is 2.25 bits per heavy atom. The fourth-order valence-electron chi connectivity index (χ4n) is 2.25. The van der Waals surface area contributed by atoms with Crippen LogP contribution in [0.1, 0.15) is 64.7 Å². The molecule has 0 fully saturated rings. The first kappa shape index (κ1) is 22.4. The highest BCUT2D eigenvalue weighted by Gasteiger charge is 2.07. The van der Waals surface area contributed by atoms with E-state index in [2.05, 4.69) is 11.8 Å². The molecular formula is C20H31O4-. The summed E-state index contributed by atoms with van der Waals surface area (Å²) in [4.78, 5) is 14.7. The van der Waals surface area contributed by atoms with Crippen LogP contribution in [0.2, 0.25) is 0 Å². The van der Waals surface area contributed by atoms with Gasteiger partial charge in [0.05, 0.1) is 12.1 Å². The zero-order valence-corrected chi connectivity index (χ0v) is 14.7. The number of carbonyl (C=O) groups is 1. The summed E-state index contributed by atoms with van der Waals surface area (Å²) >= 11 is 0. The standard InChI is InChI=1S/C20H32O4/c1-2-3-4-5-10-13-16-19(24-23)17-14-11-8-6-7-9-12-15-18-20(21)22/h6-9,11-12,15,18-19,23H,2-5,10,13-14,16-17H2,1H3,(H,21,22)/p-1/b7-6+,11-8+,12-9+,18-15+. The average molecular weight is 335 g/mol. The van der Waals surface area contributed by atoms with Crippen molar-refractivity contribution < 1.29 is 20.0 Å². The Morgan fingerprint density at radius 1 is 0.958 bits per heavy atom. The highest BCUT2D eigenvalue weighted by Crippen LogP contribution is 2.13. The van der Waals surface area contributed by atoms with E-state index >= 15 is 0 Å². The molecule has 4 heteroatoms. The Labute approximate surface area is 146 Å². The van der Waals surface area contributed by atoms with Gasteiger partial charge >= 0.3 is 0 Å². The van der Waals surface area contributed by atoms with Crippen LogP contribution in [-0.4, -0.2) is 17.3 Å². The second kappa shape index (κ2) is 17.7. The summed E-state index contributed by atoms with van der Waals surface area (Å²) in [5.74, 6) is -1.20. The van der Waals surface area contributed by atoms with Crippen LogP contribution in [0.25, 0.3) is 0 Å². The predicted octanol–water partition coefficient (Wildman–Crippen LogP) is 4.35. The van der Waals surface area contributed by atoms with Crippen LogP contribution < -0.4 is 5.11 Å². The van der Waals surface area contributed by atoms with Gasteiger partial charge in [-0.25, -0.2) is 4.89 Å². The number of unbranched alkanes of at least 4 members (excludes halogenated alkanes) is 5. The van der Waals surface area contributed by atoms with E-state index in [1.807, 2.05) is 24.3 Å². The van der Waals surface area contributed by atoms with Crippen molar-refractivity contribution in [2.45, 2.75) is 70.8 Å². The molecule has 0 saturated heterocycles. The first-order chi connectivity index (χ1) is 11.7. The summed E-state index contributed by atoms with van der Waals surface area (Å²) in [5.41, 5.74) is 0. The summed E-state index contributed by atoms with van der Waals surface area (Å²) in [5, 5.41) is 19.1. The quantitative estimate of drug-likeness (QED) is 0.159. The van der Waals surface area contributed by atoms with Gasteiger partial charge in [-0.1, -0.05) is 88.0 Å². The number of carbonyl (C=O) groups excluding carboxylic acids is 1. The summed E-state index contributed by atoms with van der Waals surface area (Å²) < 4.78 is 0. The predicted molar refractivity (Wildman–Crippen MR) is 96.3 cm³/mol. The van der Waals surface area contributed by atoms with Gasteiger partial charge in [0.15, 0.2) is 0 Å². The Bertz CT molecular complexity index is 408. The molecule has 0 aliphatic carbocycles. The lowest BCUT2D eigenvalue weighted by atomic mass is 10.0. The van der Waals surface area contributed by atoms with E-state index in [4.69, 9.17) is 5.26 Å². The molecule has 0 radical (unpaired) electrons. The Hall–Kier alpha value is -1.65. The molecule has 0 bridgehead atoms. The lowest BCUT2D eigenvalue weighted by Gasteiger charge is -2.11. The van der Waals surface area contributed by atoms with E-state index in [9.17, 15) is 9.90 Å². The molecule has 0 amide bonds. The largest absolute Gasteiger partial charge is 0.545 e. The van der Waals surface area contributed by atoms with E-state index in [0.717, 1.165) is 31.8 Å². The molecule has 136 valence electrons. The molecule has 0 saturated carbocycles. The van der Waals surface area contributed by atoms with Crippen LogP contribution in [-0.2, 0) is 9.68 Å². The van der Waals surface area contributed by atoms with E-state index in [-0.39, 0.29) is 6.10 Å². The minimum Gasteiger partial charge on any atom is -0.545 e. The van der Waals surface area contributed by atoms with Crippen LogP contribution in [0.15, 0.2) is 48.6 Å². The molecule has 1 N–H and O–H groups in total. The van der Waals surface area contributed by atoms with Gasteiger partial charge in [-0.3, -0.25) is 5.26 Å². The summed E-state index contributed by atoms with van der Waals surface area (Å²) in [6.45, 7) is 2.21. The van der Waals surface area contributed by atoms with Gasteiger partial charge < -0.3 is 9.90 Å². The third-order valence-electron chi connectivity index (χ3n) is 3.61. The number of carboxylic acids is 1. The molecule has 24 heavy (non-hydrogen) atoms. The zero-order valence-electron chi connectivity index (χ0n) is 14.7. The number of hydrogen-bond donors (Lipinski definition) is 1. The lowest BCUT2D eigenvalue weighted by Crippen LogP contribution is -2.18. The minimum absolute atomic E-state index is 0.0838.